The van der Waals surface area contributed by atoms with Crippen molar-refractivity contribution in [3.8, 4) is 0 Å². The molecule has 6 nitrogen and oxygen atoms in total. The van der Waals surface area contributed by atoms with E-state index in [0.29, 0.717) is 18.8 Å². The van der Waals surface area contributed by atoms with E-state index in [1.54, 1.807) is 0 Å². The van der Waals surface area contributed by atoms with Gasteiger partial charge in [-0.25, -0.2) is 4.79 Å². The number of carboxylic acids is 1. The van der Waals surface area contributed by atoms with Gasteiger partial charge in [-0.1, -0.05) is 35.5 Å². The van der Waals surface area contributed by atoms with E-state index in [0.717, 1.165) is 24.1 Å². The van der Waals surface area contributed by atoms with Crippen molar-refractivity contribution in [3.05, 3.63) is 35.9 Å². The lowest BCUT2D eigenvalue weighted by molar-refractivity contribution is -0.142. The van der Waals surface area contributed by atoms with Crippen molar-refractivity contribution in [1.29, 1.82) is 0 Å². The van der Waals surface area contributed by atoms with Crippen LogP contribution < -0.4 is 0 Å². The second-order valence-corrected chi connectivity index (χ2v) is 6.70. The molecule has 0 aromatic heterocycles. The van der Waals surface area contributed by atoms with Crippen LogP contribution >= 0.6 is 0 Å². The smallest absolute Gasteiger partial charge is 0.344 e. The standard InChI is InChI=1S/C18H23NO5/c20-16(11-4-2-1-3-5-11)7-6-12-13-8-15(14(13)9-17(12)21)19-24-10-18(22)23/h1-5,12-14,16-17,20-21H,6-10H2,(H,22,23). The quantitative estimate of drug-likeness (QED) is 0.663. The molecule has 6 heteroatoms. The van der Waals surface area contributed by atoms with Crippen molar-refractivity contribution < 1.29 is 25.0 Å². The van der Waals surface area contributed by atoms with Gasteiger partial charge in [0, 0.05) is 5.92 Å². The first-order valence-corrected chi connectivity index (χ1v) is 8.38. The Hall–Kier alpha value is -1.92. The van der Waals surface area contributed by atoms with Crippen LogP contribution in [0.15, 0.2) is 35.5 Å². The molecule has 0 amide bonds. The SMILES string of the molecule is O=C(O)CON=C1CC2C1CC(O)C2CCC(O)c1ccccc1. The Bertz CT molecular complexity index is 603. The maximum absolute atomic E-state index is 10.4. The van der Waals surface area contributed by atoms with Crippen molar-refractivity contribution in [2.24, 2.45) is 22.9 Å². The zero-order chi connectivity index (χ0) is 17.1. The van der Waals surface area contributed by atoms with Gasteiger partial charge in [0.1, 0.15) is 0 Å². The van der Waals surface area contributed by atoms with Crippen molar-refractivity contribution >= 4 is 11.7 Å². The number of rotatable bonds is 7. The molecule has 0 bridgehead atoms. The van der Waals surface area contributed by atoms with E-state index >= 15 is 0 Å². The average Bonchev–Trinajstić information content (AvgIpc) is 2.81. The molecule has 130 valence electrons. The van der Waals surface area contributed by atoms with Crippen LogP contribution in [0.4, 0.5) is 0 Å². The molecule has 0 radical (unpaired) electrons. The van der Waals surface area contributed by atoms with E-state index in [9.17, 15) is 15.0 Å². The first-order valence-electron chi connectivity index (χ1n) is 8.38. The van der Waals surface area contributed by atoms with E-state index in [4.69, 9.17) is 9.94 Å². The summed E-state index contributed by atoms with van der Waals surface area (Å²) in [7, 11) is 0. The van der Waals surface area contributed by atoms with Crippen molar-refractivity contribution in [2.45, 2.75) is 37.9 Å². The maximum Gasteiger partial charge on any atom is 0.344 e. The summed E-state index contributed by atoms with van der Waals surface area (Å²) in [5, 5.41) is 33.0. The second kappa shape index (κ2) is 7.32. The third-order valence-corrected chi connectivity index (χ3v) is 5.26. The summed E-state index contributed by atoms with van der Waals surface area (Å²) < 4.78 is 0. The largest absolute Gasteiger partial charge is 0.479 e. The van der Waals surface area contributed by atoms with E-state index < -0.39 is 24.8 Å². The summed E-state index contributed by atoms with van der Waals surface area (Å²) in [5.41, 5.74) is 1.76. The van der Waals surface area contributed by atoms with Gasteiger partial charge in [-0.15, -0.1) is 0 Å². The summed E-state index contributed by atoms with van der Waals surface area (Å²) in [4.78, 5) is 15.2. The molecule has 2 saturated carbocycles. The number of carboxylic acid groups (broad SMARTS) is 1. The van der Waals surface area contributed by atoms with Crippen molar-refractivity contribution in [1.82, 2.24) is 0 Å². The molecule has 2 fully saturated rings. The molecule has 2 aliphatic carbocycles. The number of fused-ring (bicyclic) bond motifs is 1. The zero-order valence-electron chi connectivity index (χ0n) is 13.4. The molecule has 2 aliphatic rings. The maximum atomic E-state index is 10.4. The van der Waals surface area contributed by atoms with Crippen LogP contribution in [0, 0.1) is 17.8 Å². The lowest BCUT2D eigenvalue weighted by Crippen LogP contribution is -2.36. The average molecular weight is 333 g/mol. The highest BCUT2D eigenvalue weighted by molar-refractivity contribution is 5.93. The van der Waals surface area contributed by atoms with Crippen LogP contribution in [0.1, 0.15) is 37.4 Å². The number of oxime groups is 1. The number of hydrogen-bond acceptors (Lipinski definition) is 5. The normalized spacial score (nSPS) is 31.3. The summed E-state index contributed by atoms with van der Waals surface area (Å²) in [6.45, 7) is -0.434. The fourth-order valence-electron chi connectivity index (χ4n) is 3.98. The lowest BCUT2D eigenvalue weighted by atomic mass is 9.70. The lowest BCUT2D eigenvalue weighted by Gasteiger charge is -2.35. The molecule has 0 spiro atoms. The molecule has 1 aromatic rings. The fourth-order valence-corrected chi connectivity index (χ4v) is 3.98. The molecule has 1 aromatic carbocycles. The van der Waals surface area contributed by atoms with Crippen LogP contribution in [-0.4, -0.2) is 39.7 Å². The van der Waals surface area contributed by atoms with Gasteiger partial charge in [-0.2, -0.15) is 0 Å². The topological polar surface area (TPSA) is 99.4 Å². The number of carbonyl (C=O) groups is 1. The molecular weight excluding hydrogens is 310 g/mol. The molecule has 3 rings (SSSR count). The first kappa shape index (κ1) is 16.9. The number of aliphatic hydroxyl groups is 2. The summed E-state index contributed by atoms with van der Waals surface area (Å²) in [6, 6.07) is 9.55. The second-order valence-electron chi connectivity index (χ2n) is 6.70. The molecule has 3 N–H and O–H groups in total. The van der Waals surface area contributed by atoms with E-state index in [1.807, 2.05) is 30.3 Å². The highest BCUT2D eigenvalue weighted by atomic mass is 16.6. The minimum absolute atomic E-state index is 0.159. The van der Waals surface area contributed by atoms with Crippen molar-refractivity contribution in [2.75, 3.05) is 6.61 Å². The molecule has 0 aliphatic heterocycles. The van der Waals surface area contributed by atoms with Crippen LogP contribution in [0.5, 0.6) is 0 Å². The summed E-state index contributed by atoms with van der Waals surface area (Å²) >= 11 is 0. The number of benzene rings is 1. The predicted octanol–water partition coefficient (Wildman–Crippen LogP) is 1.97. The van der Waals surface area contributed by atoms with Gasteiger partial charge in [-0.3, -0.25) is 0 Å². The molecule has 24 heavy (non-hydrogen) atoms. The molecule has 5 atom stereocenters. The Morgan fingerprint density at radius 2 is 2.08 bits per heavy atom. The summed E-state index contributed by atoms with van der Waals surface area (Å²) in [5.74, 6) is -0.343. The molecule has 5 unspecified atom stereocenters. The minimum Gasteiger partial charge on any atom is -0.479 e. The van der Waals surface area contributed by atoms with Gasteiger partial charge >= 0.3 is 5.97 Å². The molecular formula is C18H23NO5. The summed E-state index contributed by atoms with van der Waals surface area (Å²) in [6.07, 6.45) is 1.87. The predicted molar refractivity (Wildman–Crippen MR) is 87.4 cm³/mol. The third-order valence-electron chi connectivity index (χ3n) is 5.26. The number of aliphatic carboxylic acids is 1. The van der Waals surface area contributed by atoms with Gasteiger partial charge < -0.3 is 20.2 Å². The van der Waals surface area contributed by atoms with Gasteiger partial charge in [0.2, 0.25) is 6.61 Å². The molecule has 0 heterocycles. The Kier molecular flexibility index (Phi) is 5.16. The van der Waals surface area contributed by atoms with Crippen LogP contribution in [-0.2, 0) is 9.63 Å². The fraction of sp³-hybridized carbons (Fsp3) is 0.556. The first-order chi connectivity index (χ1) is 11.6. The van der Waals surface area contributed by atoms with E-state index in [1.165, 1.54) is 0 Å². The van der Waals surface area contributed by atoms with Crippen LogP contribution in [0.2, 0.25) is 0 Å². The van der Waals surface area contributed by atoms with Gasteiger partial charge in [-0.05, 0) is 43.1 Å². The van der Waals surface area contributed by atoms with Gasteiger partial charge in [0.25, 0.3) is 0 Å². The highest BCUT2D eigenvalue weighted by Crippen LogP contribution is 2.50. The number of hydrogen-bond donors (Lipinski definition) is 3. The van der Waals surface area contributed by atoms with Gasteiger partial charge in [0.15, 0.2) is 0 Å². The van der Waals surface area contributed by atoms with Crippen molar-refractivity contribution in [3.63, 3.8) is 0 Å². The Balaban J connectivity index is 1.51. The Morgan fingerprint density at radius 3 is 2.79 bits per heavy atom. The highest BCUT2D eigenvalue weighted by Gasteiger charge is 2.51. The number of aliphatic hydroxyl groups excluding tert-OH is 2. The monoisotopic (exact) mass is 333 g/mol. The van der Waals surface area contributed by atoms with Crippen LogP contribution in [0.3, 0.4) is 0 Å². The minimum atomic E-state index is -1.05. The Morgan fingerprint density at radius 1 is 1.33 bits per heavy atom. The number of nitrogens with zero attached hydrogens (tertiary/aromatic N) is 1. The molecule has 0 saturated heterocycles. The van der Waals surface area contributed by atoms with E-state index in [-0.39, 0.29) is 11.8 Å². The van der Waals surface area contributed by atoms with Crippen LogP contribution in [0.25, 0.3) is 0 Å². The van der Waals surface area contributed by atoms with Gasteiger partial charge in [0.05, 0.1) is 17.9 Å². The third kappa shape index (κ3) is 3.60. The Labute approximate surface area is 140 Å². The zero-order valence-corrected chi connectivity index (χ0v) is 13.4. The van der Waals surface area contributed by atoms with E-state index in [2.05, 4.69) is 5.16 Å².